The van der Waals surface area contributed by atoms with E-state index in [1.165, 1.54) is 6.07 Å². The Hall–Kier alpha value is -1.82. The summed E-state index contributed by atoms with van der Waals surface area (Å²) in [5.74, 6) is -1.29. The Morgan fingerprint density at radius 2 is 2.11 bits per heavy atom. The largest absolute Gasteiger partial charge is 0.475 e. The van der Waals surface area contributed by atoms with Gasteiger partial charge in [-0.25, -0.2) is 4.79 Å². The zero-order chi connectivity index (χ0) is 13.3. The molecule has 0 fully saturated rings. The van der Waals surface area contributed by atoms with E-state index in [0.29, 0.717) is 5.69 Å². The van der Waals surface area contributed by atoms with Crippen LogP contribution < -0.4 is 4.90 Å². The molecule has 0 saturated carbocycles. The number of hydrogen-bond donors (Lipinski definition) is 1. The molecule has 0 saturated heterocycles. The van der Waals surface area contributed by atoms with Crippen molar-refractivity contribution in [2.45, 2.75) is 0 Å². The number of benzene rings is 1. The molecule has 0 amide bonds. The first-order chi connectivity index (χ1) is 8.49. The zero-order valence-corrected chi connectivity index (χ0v) is 11.4. The number of halogens is 1. The van der Waals surface area contributed by atoms with Gasteiger partial charge < -0.3 is 14.5 Å². The van der Waals surface area contributed by atoms with Gasteiger partial charge in [0.2, 0.25) is 5.76 Å². The summed E-state index contributed by atoms with van der Waals surface area (Å²) in [6.07, 6.45) is 0. The Labute approximate surface area is 112 Å². The van der Waals surface area contributed by atoms with Crippen molar-refractivity contribution in [3.8, 4) is 11.3 Å². The minimum absolute atomic E-state index is 0.167. The zero-order valence-electron chi connectivity index (χ0n) is 9.85. The highest BCUT2D eigenvalue weighted by Gasteiger charge is 2.13. The Balaban J connectivity index is 2.44. The molecule has 0 radical (unpaired) electrons. The third-order valence-electron chi connectivity index (χ3n) is 2.44. The van der Waals surface area contributed by atoms with E-state index < -0.39 is 5.97 Å². The van der Waals surface area contributed by atoms with Crippen LogP contribution in [0.5, 0.6) is 0 Å². The smallest absolute Gasteiger partial charge is 0.374 e. The number of rotatable bonds is 3. The SMILES string of the molecule is CN(C)c1cc(-c2cc(C(=O)O)on2)ccc1Br. The number of aromatic nitrogens is 1. The Morgan fingerprint density at radius 1 is 1.39 bits per heavy atom. The van der Waals surface area contributed by atoms with Crippen molar-refractivity contribution >= 4 is 27.6 Å². The predicted molar refractivity (Wildman–Crippen MR) is 70.9 cm³/mol. The van der Waals surface area contributed by atoms with Gasteiger partial charge in [-0.2, -0.15) is 0 Å². The van der Waals surface area contributed by atoms with Crippen LogP contribution >= 0.6 is 15.9 Å². The fraction of sp³-hybridized carbons (Fsp3) is 0.167. The maximum Gasteiger partial charge on any atom is 0.374 e. The van der Waals surface area contributed by atoms with Crippen molar-refractivity contribution in [2.75, 3.05) is 19.0 Å². The van der Waals surface area contributed by atoms with E-state index in [0.717, 1.165) is 15.7 Å². The summed E-state index contributed by atoms with van der Waals surface area (Å²) in [4.78, 5) is 12.7. The van der Waals surface area contributed by atoms with E-state index in [9.17, 15) is 4.79 Å². The molecule has 5 nitrogen and oxygen atoms in total. The number of carbonyl (C=O) groups is 1. The Bertz CT molecular complexity index is 593. The molecule has 0 aliphatic heterocycles. The molecule has 1 N–H and O–H groups in total. The number of anilines is 1. The number of carboxylic acid groups (broad SMARTS) is 1. The highest BCUT2D eigenvalue weighted by molar-refractivity contribution is 9.10. The van der Waals surface area contributed by atoms with Crippen LogP contribution in [-0.4, -0.2) is 30.3 Å². The van der Waals surface area contributed by atoms with Gasteiger partial charge >= 0.3 is 5.97 Å². The minimum atomic E-state index is -1.13. The summed E-state index contributed by atoms with van der Waals surface area (Å²) in [5, 5.41) is 12.5. The fourth-order valence-corrected chi connectivity index (χ4v) is 2.13. The van der Waals surface area contributed by atoms with Gasteiger partial charge in [0.15, 0.2) is 0 Å². The lowest BCUT2D eigenvalue weighted by molar-refractivity contribution is 0.0652. The molecule has 0 aliphatic rings. The lowest BCUT2D eigenvalue weighted by Crippen LogP contribution is -2.09. The van der Waals surface area contributed by atoms with Crippen LogP contribution in [0.3, 0.4) is 0 Å². The van der Waals surface area contributed by atoms with E-state index >= 15 is 0 Å². The summed E-state index contributed by atoms with van der Waals surface area (Å²) >= 11 is 3.45. The van der Waals surface area contributed by atoms with Gasteiger partial charge in [0.25, 0.3) is 0 Å². The molecule has 2 rings (SSSR count). The second kappa shape index (κ2) is 4.81. The second-order valence-corrected chi connectivity index (χ2v) is 4.80. The van der Waals surface area contributed by atoms with Crippen LogP contribution in [-0.2, 0) is 0 Å². The van der Waals surface area contributed by atoms with Crippen molar-refractivity contribution in [3.05, 3.63) is 34.5 Å². The Kier molecular flexibility index (Phi) is 3.38. The van der Waals surface area contributed by atoms with E-state index in [-0.39, 0.29) is 5.76 Å². The summed E-state index contributed by atoms with van der Waals surface area (Å²) in [5.41, 5.74) is 2.29. The van der Waals surface area contributed by atoms with Crippen LogP contribution in [0.25, 0.3) is 11.3 Å². The summed E-state index contributed by atoms with van der Waals surface area (Å²) < 4.78 is 5.69. The second-order valence-electron chi connectivity index (χ2n) is 3.94. The van der Waals surface area contributed by atoms with Crippen molar-refractivity contribution in [3.63, 3.8) is 0 Å². The molecule has 0 unspecified atom stereocenters. The molecule has 1 aromatic heterocycles. The average Bonchev–Trinajstić information content (AvgIpc) is 2.78. The fourth-order valence-electron chi connectivity index (χ4n) is 1.53. The summed E-state index contributed by atoms with van der Waals surface area (Å²) in [6.45, 7) is 0. The first-order valence-corrected chi connectivity index (χ1v) is 5.95. The molecule has 6 heteroatoms. The summed E-state index contributed by atoms with van der Waals surface area (Å²) in [6, 6.07) is 7.05. The molecular formula is C12H11BrN2O3. The molecule has 0 aliphatic carbocycles. The van der Waals surface area contributed by atoms with Gasteiger partial charge in [-0.3, -0.25) is 0 Å². The van der Waals surface area contributed by atoms with Gasteiger partial charge in [0, 0.05) is 30.2 Å². The van der Waals surface area contributed by atoms with Crippen molar-refractivity contribution in [2.24, 2.45) is 0 Å². The maximum atomic E-state index is 10.7. The molecule has 1 heterocycles. The molecule has 2 aromatic rings. The van der Waals surface area contributed by atoms with E-state index in [2.05, 4.69) is 21.1 Å². The van der Waals surface area contributed by atoms with Gasteiger partial charge in [0.05, 0.1) is 5.69 Å². The number of aromatic carboxylic acids is 1. The highest BCUT2D eigenvalue weighted by Crippen LogP contribution is 2.30. The topological polar surface area (TPSA) is 66.6 Å². The van der Waals surface area contributed by atoms with E-state index in [4.69, 9.17) is 9.63 Å². The number of carboxylic acids is 1. The van der Waals surface area contributed by atoms with E-state index in [1.54, 1.807) is 0 Å². The molecule has 94 valence electrons. The molecule has 0 bridgehead atoms. The van der Waals surface area contributed by atoms with Crippen molar-refractivity contribution in [1.82, 2.24) is 5.16 Å². The van der Waals surface area contributed by atoms with Crippen LogP contribution in [0.15, 0.2) is 33.3 Å². The minimum Gasteiger partial charge on any atom is -0.475 e. The van der Waals surface area contributed by atoms with Crippen molar-refractivity contribution < 1.29 is 14.4 Å². The third kappa shape index (κ3) is 2.38. The Morgan fingerprint density at radius 3 is 2.67 bits per heavy atom. The molecule has 0 atom stereocenters. The van der Waals surface area contributed by atoms with Gasteiger partial charge in [0.1, 0.15) is 5.69 Å². The summed E-state index contributed by atoms with van der Waals surface area (Å²) in [7, 11) is 3.85. The molecular weight excluding hydrogens is 300 g/mol. The lowest BCUT2D eigenvalue weighted by Gasteiger charge is -2.15. The molecule has 18 heavy (non-hydrogen) atoms. The van der Waals surface area contributed by atoms with E-state index in [1.807, 2.05) is 37.2 Å². The quantitative estimate of drug-likeness (QED) is 0.944. The standard InChI is InChI=1S/C12H11BrN2O3/c1-15(2)10-5-7(3-4-8(10)13)9-6-11(12(16)17)18-14-9/h3-6H,1-2H3,(H,16,17). The van der Waals surface area contributed by atoms with Crippen LogP contribution in [0.2, 0.25) is 0 Å². The highest BCUT2D eigenvalue weighted by atomic mass is 79.9. The van der Waals surface area contributed by atoms with Gasteiger partial charge in [-0.15, -0.1) is 0 Å². The first-order valence-electron chi connectivity index (χ1n) is 5.16. The predicted octanol–water partition coefficient (Wildman–Crippen LogP) is 2.87. The van der Waals surface area contributed by atoms with Crippen LogP contribution in [0, 0.1) is 0 Å². The van der Waals surface area contributed by atoms with Crippen molar-refractivity contribution in [1.29, 1.82) is 0 Å². The molecule has 0 spiro atoms. The first kappa shape index (κ1) is 12.6. The number of nitrogens with zero attached hydrogens (tertiary/aromatic N) is 2. The van der Waals surface area contributed by atoms with Gasteiger partial charge in [-0.1, -0.05) is 11.2 Å². The maximum absolute atomic E-state index is 10.7. The van der Waals surface area contributed by atoms with Crippen LogP contribution in [0.4, 0.5) is 5.69 Å². The number of hydrogen-bond acceptors (Lipinski definition) is 4. The van der Waals surface area contributed by atoms with Gasteiger partial charge in [-0.05, 0) is 28.1 Å². The molecule has 1 aromatic carbocycles. The lowest BCUT2D eigenvalue weighted by atomic mass is 10.1. The van der Waals surface area contributed by atoms with Crippen LogP contribution in [0.1, 0.15) is 10.6 Å². The third-order valence-corrected chi connectivity index (χ3v) is 3.12. The normalized spacial score (nSPS) is 10.4. The average molecular weight is 311 g/mol. The monoisotopic (exact) mass is 310 g/mol.